The molecule has 31 heavy (non-hydrogen) atoms. The van der Waals surface area contributed by atoms with Gasteiger partial charge in [-0.1, -0.05) is 0 Å². The number of methoxy groups -OCH3 is 1. The van der Waals surface area contributed by atoms with E-state index in [2.05, 4.69) is 20.2 Å². The molecule has 0 aliphatic carbocycles. The summed E-state index contributed by atoms with van der Waals surface area (Å²) in [7, 11) is 1.63. The van der Waals surface area contributed by atoms with Crippen molar-refractivity contribution in [3.05, 3.63) is 70.8 Å². The second-order valence-electron chi connectivity index (χ2n) is 6.96. The second-order valence-corrected chi connectivity index (χ2v) is 6.96. The SMILES string of the molecule is COc1ccc(N2CCN(c3ncnc(Nc4ccc(F)cc4)c3[N+](=O)[O-])CC2)cc1. The van der Waals surface area contributed by atoms with Crippen molar-refractivity contribution in [2.45, 2.75) is 0 Å². The van der Waals surface area contributed by atoms with Gasteiger partial charge in [-0.3, -0.25) is 10.1 Å². The summed E-state index contributed by atoms with van der Waals surface area (Å²) < 4.78 is 18.4. The molecule has 1 aliphatic heterocycles. The molecule has 0 radical (unpaired) electrons. The van der Waals surface area contributed by atoms with E-state index in [1.54, 1.807) is 7.11 Å². The molecule has 1 saturated heterocycles. The van der Waals surface area contributed by atoms with Crippen LogP contribution in [-0.4, -0.2) is 48.2 Å². The zero-order valence-electron chi connectivity index (χ0n) is 16.9. The Kier molecular flexibility index (Phi) is 5.78. The van der Waals surface area contributed by atoms with E-state index in [1.165, 1.54) is 30.6 Å². The van der Waals surface area contributed by atoms with Crippen LogP contribution in [0.2, 0.25) is 0 Å². The summed E-state index contributed by atoms with van der Waals surface area (Å²) in [6.07, 6.45) is 1.30. The van der Waals surface area contributed by atoms with Crippen LogP contribution in [0.1, 0.15) is 0 Å². The molecule has 0 spiro atoms. The zero-order valence-corrected chi connectivity index (χ0v) is 16.9. The van der Waals surface area contributed by atoms with Gasteiger partial charge in [0.1, 0.15) is 17.9 Å². The summed E-state index contributed by atoms with van der Waals surface area (Å²) in [4.78, 5) is 23.7. The molecule has 4 rings (SSSR count). The third kappa shape index (κ3) is 4.47. The van der Waals surface area contributed by atoms with E-state index >= 15 is 0 Å². The van der Waals surface area contributed by atoms with Crippen LogP contribution in [0.4, 0.5) is 33.1 Å². The quantitative estimate of drug-likeness (QED) is 0.474. The van der Waals surface area contributed by atoms with E-state index in [0.717, 1.165) is 11.4 Å². The number of rotatable bonds is 6. The predicted molar refractivity (Wildman–Crippen MR) is 116 cm³/mol. The molecule has 0 unspecified atom stereocenters. The molecular formula is C21H21FN6O3. The van der Waals surface area contributed by atoms with E-state index in [-0.39, 0.29) is 17.3 Å². The summed E-state index contributed by atoms with van der Waals surface area (Å²) in [6, 6.07) is 13.3. The van der Waals surface area contributed by atoms with Gasteiger partial charge >= 0.3 is 5.69 Å². The molecule has 1 aromatic heterocycles. The van der Waals surface area contributed by atoms with Crippen LogP contribution < -0.4 is 19.9 Å². The lowest BCUT2D eigenvalue weighted by Gasteiger charge is -2.36. The average molecular weight is 424 g/mol. The number of nitrogens with one attached hydrogen (secondary N) is 1. The van der Waals surface area contributed by atoms with Crippen LogP contribution in [0.15, 0.2) is 54.9 Å². The molecule has 10 heteroatoms. The van der Waals surface area contributed by atoms with Crippen LogP contribution in [0, 0.1) is 15.9 Å². The minimum absolute atomic E-state index is 0.0687. The summed E-state index contributed by atoms with van der Waals surface area (Å²) >= 11 is 0. The molecule has 1 fully saturated rings. The van der Waals surface area contributed by atoms with Gasteiger partial charge in [-0.2, -0.15) is 0 Å². The number of anilines is 4. The highest BCUT2D eigenvalue weighted by Crippen LogP contribution is 2.34. The van der Waals surface area contributed by atoms with E-state index < -0.39 is 10.7 Å². The highest BCUT2D eigenvalue weighted by molar-refractivity contribution is 5.74. The van der Waals surface area contributed by atoms with Crippen molar-refractivity contribution >= 4 is 28.7 Å². The molecule has 1 aliphatic rings. The number of nitrogens with zero attached hydrogens (tertiary/aromatic N) is 5. The van der Waals surface area contributed by atoms with E-state index in [4.69, 9.17) is 4.74 Å². The van der Waals surface area contributed by atoms with Gasteiger partial charge < -0.3 is 19.9 Å². The van der Waals surface area contributed by atoms with Crippen molar-refractivity contribution in [1.82, 2.24) is 9.97 Å². The molecule has 1 N–H and O–H groups in total. The number of halogens is 1. The molecule has 9 nitrogen and oxygen atoms in total. The largest absolute Gasteiger partial charge is 0.497 e. The number of hydrogen-bond donors (Lipinski definition) is 1. The van der Waals surface area contributed by atoms with Gasteiger partial charge in [0.05, 0.1) is 12.0 Å². The first-order valence-electron chi connectivity index (χ1n) is 9.71. The van der Waals surface area contributed by atoms with E-state index in [9.17, 15) is 14.5 Å². The molecule has 0 amide bonds. The van der Waals surface area contributed by atoms with Crippen molar-refractivity contribution in [3.8, 4) is 5.75 Å². The van der Waals surface area contributed by atoms with Crippen molar-refractivity contribution in [1.29, 1.82) is 0 Å². The lowest BCUT2D eigenvalue weighted by Crippen LogP contribution is -2.47. The first kappa shape index (κ1) is 20.3. The number of ether oxygens (including phenoxy) is 1. The minimum Gasteiger partial charge on any atom is -0.497 e. The van der Waals surface area contributed by atoms with Crippen molar-refractivity contribution in [3.63, 3.8) is 0 Å². The fourth-order valence-electron chi connectivity index (χ4n) is 3.50. The van der Waals surface area contributed by atoms with Gasteiger partial charge in [0.25, 0.3) is 0 Å². The van der Waals surface area contributed by atoms with E-state index in [1.807, 2.05) is 29.2 Å². The molecule has 0 saturated carbocycles. The van der Waals surface area contributed by atoms with Crippen molar-refractivity contribution in [2.75, 3.05) is 48.4 Å². The fraction of sp³-hybridized carbons (Fsp3) is 0.238. The lowest BCUT2D eigenvalue weighted by molar-refractivity contribution is -0.383. The van der Waals surface area contributed by atoms with Gasteiger partial charge in [-0.25, -0.2) is 14.4 Å². The minimum atomic E-state index is -0.489. The van der Waals surface area contributed by atoms with Gasteiger partial charge in [0.2, 0.25) is 11.6 Å². The van der Waals surface area contributed by atoms with Crippen molar-refractivity contribution in [2.24, 2.45) is 0 Å². The molecule has 0 bridgehead atoms. The van der Waals surface area contributed by atoms with Crippen LogP contribution in [-0.2, 0) is 0 Å². The van der Waals surface area contributed by atoms with Gasteiger partial charge in [-0.15, -0.1) is 0 Å². The number of benzene rings is 2. The number of piperazine rings is 1. The van der Waals surface area contributed by atoms with Crippen molar-refractivity contribution < 1.29 is 14.1 Å². The van der Waals surface area contributed by atoms with Crippen LogP contribution >= 0.6 is 0 Å². The third-order valence-electron chi connectivity index (χ3n) is 5.11. The maximum atomic E-state index is 13.2. The Bertz CT molecular complexity index is 1050. The van der Waals surface area contributed by atoms with Crippen LogP contribution in [0.25, 0.3) is 0 Å². The first-order chi connectivity index (χ1) is 15.0. The Morgan fingerprint density at radius 3 is 2.26 bits per heavy atom. The summed E-state index contributed by atoms with van der Waals surface area (Å²) in [5, 5.41) is 14.7. The monoisotopic (exact) mass is 424 g/mol. The fourth-order valence-corrected chi connectivity index (χ4v) is 3.50. The molecule has 0 atom stereocenters. The lowest BCUT2D eigenvalue weighted by atomic mass is 10.2. The number of hydrogen-bond acceptors (Lipinski definition) is 8. The third-order valence-corrected chi connectivity index (χ3v) is 5.11. The standard InChI is InChI=1S/C21H21FN6O3/c1-31-18-8-6-17(7-9-18)26-10-12-27(13-11-26)21-19(28(29)30)20(23-14-24-21)25-16-4-2-15(22)3-5-16/h2-9,14H,10-13H2,1H3,(H,23,24,25). The maximum Gasteiger partial charge on any atom is 0.353 e. The summed E-state index contributed by atoms with van der Waals surface area (Å²) in [5.41, 5.74) is 1.36. The normalized spacial score (nSPS) is 13.7. The Morgan fingerprint density at radius 2 is 1.65 bits per heavy atom. The van der Waals surface area contributed by atoms with Crippen LogP contribution in [0.3, 0.4) is 0 Å². The molecule has 2 aromatic carbocycles. The predicted octanol–water partition coefficient (Wildman–Crippen LogP) is 3.60. The summed E-state index contributed by atoms with van der Waals surface area (Å²) in [5.74, 6) is 0.733. The van der Waals surface area contributed by atoms with Crippen LogP contribution in [0.5, 0.6) is 5.75 Å². The molecule has 3 aromatic rings. The van der Waals surface area contributed by atoms with Gasteiger partial charge in [0.15, 0.2) is 0 Å². The highest BCUT2D eigenvalue weighted by Gasteiger charge is 2.29. The zero-order chi connectivity index (χ0) is 21.8. The smallest absolute Gasteiger partial charge is 0.353 e. The van der Waals surface area contributed by atoms with Gasteiger partial charge in [0, 0.05) is 37.6 Å². The topological polar surface area (TPSA) is 96.7 Å². The molecular weight excluding hydrogens is 403 g/mol. The number of aromatic nitrogens is 2. The maximum absolute atomic E-state index is 13.2. The Labute approximate surface area is 178 Å². The first-order valence-corrected chi connectivity index (χ1v) is 9.71. The van der Waals surface area contributed by atoms with Gasteiger partial charge in [-0.05, 0) is 48.5 Å². The highest BCUT2D eigenvalue weighted by atomic mass is 19.1. The molecule has 2 heterocycles. The second kappa shape index (κ2) is 8.82. The van der Waals surface area contributed by atoms with E-state index in [0.29, 0.717) is 31.9 Å². The Hall–Kier alpha value is -3.95. The number of nitro groups is 1. The average Bonchev–Trinajstić information content (AvgIpc) is 2.80. The Balaban J connectivity index is 1.52. The molecule has 160 valence electrons. The Morgan fingerprint density at radius 1 is 1.00 bits per heavy atom. The summed E-state index contributed by atoms with van der Waals surface area (Å²) in [6.45, 7) is 2.52.